The number of anilines is 1. The van der Waals surface area contributed by atoms with Crippen molar-refractivity contribution in [2.75, 3.05) is 30.9 Å². The Kier molecular flexibility index (Phi) is 8.12. The van der Waals surface area contributed by atoms with Crippen LogP contribution >= 0.6 is 23.5 Å². The molecule has 0 bridgehead atoms. The molecule has 0 aliphatic rings. The average Bonchev–Trinajstić information content (AvgIpc) is 2.61. The van der Waals surface area contributed by atoms with Crippen LogP contribution in [0.1, 0.15) is 5.56 Å². The van der Waals surface area contributed by atoms with Crippen LogP contribution in [-0.2, 0) is 11.3 Å². The van der Waals surface area contributed by atoms with E-state index in [9.17, 15) is 4.79 Å². The van der Waals surface area contributed by atoms with Crippen LogP contribution in [0.15, 0.2) is 71.0 Å². The normalized spacial score (nSPS) is 11.8. The second-order valence-corrected chi connectivity index (χ2v) is 7.74. The number of nitrogens with one attached hydrogen (secondary N) is 2. The molecule has 0 radical (unpaired) electrons. The molecule has 0 saturated carbocycles. The van der Waals surface area contributed by atoms with E-state index in [1.165, 1.54) is 10.5 Å². The van der Waals surface area contributed by atoms with Crippen molar-refractivity contribution in [3.05, 3.63) is 66.7 Å². The SMILES string of the molecule is C=CCSc1ccccc1NC(=O)C[NH+](C)Cc1ccc(SC)cc1. The third-order valence-electron chi connectivity index (χ3n) is 3.65. The highest BCUT2D eigenvalue weighted by Crippen LogP contribution is 2.26. The van der Waals surface area contributed by atoms with Gasteiger partial charge in [0, 0.05) is 21.1 Å². The van der Waals surface area contributed by atoms with Crippen LogP contribution in [0, 0.1) is 0 Å². The number of likely N-dealkylation sites (N-methyl/N-ethyl adjacent to an activating group) is 1. The summed E-state index contributed by atoms with van der Waals surface area (Å²) in [7, 11) is 2.04. The minimum absolute atomic E-state index is 0.0323. The van der Waals surface area contributed by atoms with Crippen molar-refractivity contribution in [3.8, 4) is 0 Å². The van der Waals surface area contributed by atoms with Gasteiger partial charge in [-0.05, 0) is 30.5 Å². The number of para-hydroxylation sites is 1. The van der Waals surface area contributed by atoms with Gasteiger partial charge in [0.15, 0.2) is 6.54 Å². The van der Waals surface area contributed by atoms with Gasteiger partial charge in [-0.3, -0.25) is 4.79 Å². The zero-order valence-electron chi connectivity index (χ0n) is 14.7. The van der Waals surface area contributed by atoms with E-state index in [1.807, 2.05) is 37.4 Å². The van der Waals surface area contributed by atoms with Gasteiger partial charge in [0.25, 0.3) is 5.91 Å². The summed E-state index contributed by atoms with van der Waals surface area (Å²) in [6.45, 7) is 5.01. The predicted octanol–water partition coefficient (Wildman–Crippen LogP) is 3.34. The quantitative estimate of drug-likeness (QED) is 0.522. The van der Waals surface area contributed by atoms with Crippen molar-refractivity contribution >= 4 is 35.1 Å². The molecule has 3 nitrogen and oxygen atoms in total. The molecule has 2 rings (SSSR count). The van der Waals surface area contributed by atoms with Crippen LogP contribution in [0.2, 0.25) is 0 Å². The topological polar surface area (TPSA) is 33.5 Å². The Hall–Kier alpha value is -1.69. The van der Waals surface area contributed by atoms with Gasteiger partial charge in [0.05, 0.1) is 12.7 Å². The fourth-order valence-corrected chi connectivity index (χ4v) is 3.62. The molecule has 0 spiro atoms. The largest absolute Gasteiger partial charge is 0.326 e. The maximum Gasteiger partial charge on any atom is 0.279 e. The van der Waals surface area contributed by atoms with Crippen molar-refractivity contribution in [1.82, 2.24) is 0 Å². The third-order valence-corrected chi connectivity index (χ3v) is 5.46. The van der Waals surface area contributed by atoms with Crippen LogP contribution in [0.25, 0.3) is 0 Å². The van der Waals surface area contributed by atoms with Gasteiger partial charge >= 0.3 is 0 Å². The highest BCUT2D eigenvalue weighted by atomic mass is 32.2. The molecule has 0 fully saturated rings. The Morgan fingerprint density at radius 2 is 1.92 bits per heavy atom. The van der Waals surface area contributed by atoms with E-state index in [0.29, 0.717) is 6.54 Å². The number of amides is 1. The molecule has 1 unspecified atom stereocenters. The predicted molar refractivity (Wildman–Crippen MR) is 110 cm³/mol. The second kappa shape index (κ2) is 10.3. The third kappa shape index (κ3) is 6.61. The van der Waals surface area contributed by atoms with Gasteiger partial charge in [0.1, 0.15) is 6.54 Å². The first-order valence-corrected chi connectivity index (χ1v) is 10.4. The number of quaternary nitrogens is 1. The molecule has 0 aliphatic heterocycles. The van der Waals surface area contributed by atoms with E-state index in [4.69, 9.17) is 0 Å². The van der Waals surface area contributed by atoms with Gasteiger partial charge in [-0.1, -0.05) is 30.3 Å². The summed E-state index contributed by atoms with van der Waals surface area (Å²) in [5, 5.41) is 3.04. The van der Waals surface area contributed by atoms with Crippen LogP contribution < -0.4 is 10.2 Å². The first kappa shape index (κ1) is 19.6. The van der Waals surface area contributed by atoms with Gasteiger partial charge in [-0.2, -0.15) is 0 Å². The van der Waals surface area contributed by atoms with Crippen molar-refractivity contribution < 1.29 is 9.69 Å². The number of benzene rings is 2. The Morgan fingerprint density at radius 1 is 1.20 bits per heavy atom. The van der Waals surface area contributed by atoms with Crippen molar-refractivity contribution in [3.63, 3.8) is 0 Å². The second-order valence-electron chi connectivity index (χ2n) is 5.80. The lowest BCUT2D eigenvalue weighted by atomic mass is 10.2. The van der Waals surface area contributed by atoms with Crippen LogP contribution in [0.3, 0.4) is 0 Å². The molecule has 25 heavy (non-hydrogen) atoms. The van der Waals surface area contributed by atoms with Crippen LogP contribution in [-0.4, -0.2) is 31.5 Å². The molecule has 2 aromatic carbocycles. The van der Waals surface area contributed by atoms with Crippen molar-refractivity contribution in [1.29, 1.82) is 0 Å². The summed E-state index contributed by atoms with van der Waals surface area (Å²) in [6, 6.07) is 16.4. The lowest BCUT2D eigenvalue weighted by Gasteiger charge is -2.15. The van der Waals surface area contributed by atoms with Gasteiger partial charge in [0.2, 0.25) is 0 Å². The fourth-order valence-electron chi connectivity index (χ4n) is 2.47. The molecule has 0 aliphatic carbocycles. The summed E-state index contributed by atoms with van der Waals surface area (Å²) < 4.78 is 0. The number of hydrogen-bond acceptors (Lipinski definition) is 3. The lowest BCUT2D eigenvalue weighted by molar-refractivity contribution is -0.885. The summed E-state index contributed by atoms with van der Waals surface area (Å²) in [6.07, 6.45) is 3.94. The zero-order valence-corrected chi connectivity index (χ0v) is 16.4. The molecule has 0 heterocycles. The number of carbonyl (C=O) groups excluding carboxylic acids is 1. The maximum absolute atomic E-state index is 12.4. The first-order valence-electron chi connectivity index (χ1n) is 8.19. The fraction of sp³-hybridized carbons (Fsp3) is 0.250. The summed E-state index contributed by atoms with van der Waals surface area (Å²) >= 11 is 3.41. The first-order chi connectivity index (χ1) is 12.1. The monoisotopic (exact) mass is 373 g/mol. The van der Waals surface area contributed by atoms with Gasteiger partial charge < -0.3 is 10.2 Å². The molecule has 1 amide bonds. The summed E-state index contributed by atoms with van der Waals surface area (Å²) in [5.74, 6) is 0.856. The van der Waals surface area contributed by atoms with E-state index in [0.717, 1.165) is 27.8 Å². The van der Waals surface area contributed by atoms with E-state index in [1.54, 1.807) is 23.5 Å². The molecule has 5 heteroatoms. The highest BCUT2D eigenvalue weighted by molar-refractivity contribution is 7.99. The van der Waals surface area contributed by atoms with Crippen molar-refractivity contribution in [2.24, 2.45) is 0 Å². The smallest absolute Gasteiger partial charge is 0.279 e. The van der Waals surface area contributed by atoms with E-state index in [2.05, 4.69) is 42.4 Å². The molecular formula is C20H25N2OS2+. The minimum Gasteiger partial charge on any atom is -0.326 e. The molecule has 0 saturated heterocycles. The van der Waals surface area contributed by atoms with E-state index in [-0.39, 0.29) is 5.91 Å². The zero-order chi connectivity index (χ0) is 18.1. The van der Waals surface area contributed by atoms with Crippen LogP contribution in [0.5, 0.6) is 0 Å². The maximum atomic E-state index is 12.4. The van der Waals surface area contributed by atoms with E-state index >= 15 is 0 Å². The Morgan fingerprint density at radius 3 is 2.60 bits per heavy atom. The molecule has 1 atom stereocenters. The minimum atomic E-state index is 0.0323. The summed E-state index contributed by atoms with van der Waals surface area (Å²) in [5.41, 5.74) is 2.11. The molecule has 2 N–H and O–H groups in total. The van der Waals surface area contributed by atoms with Gasteiger partial charge in [-0.25, -0.2) is 0 Å². The Labute approximate surface area is 158 Å². The Balaban J connectivity index is 1.89. The standard InChI is InChI=1S/C20H24N2OS2/c1-4-13-25-19-8-6-5-7-18(19)21-20(23)15-22(2)14-16-9-11-17(24-3)12-10-16/h4-12H,1,13-15H2,2-3H3,(H,21,23)/p+1. The number of carbonyl (C=O) groups is 1. The lowest BCUT2D eigenvalue weighted by Crippen LogP contribution is -3.08. The van der Waals surface area contributed by atoms with Crippen LogP contribution in [0.4, 0.5) is 5.69 Å². The average molecular weight is 374 g/mol. The number of rotatable bonds is 9. The molecule has 2 aromatic rings. The molecular weight excluding hydrogens is 348 g/mol. The number of thioether (sulfide) groups is 2. The number of hydrogen-bond donors (Lipinski definition) is 2. The summed E-state index contributed by atoms with van der Waals surface area (Å²) in [4.78, 5) is 15.9. The van der Waals surface area contributed by atoms with Crippen molar-refractivity contribution in [2.45, 2.75) is 16.3 Å². The highest BCUT2D eigenvalue weighted by Gasteiger charge is 2.12. The van der Waals surface area contributed by atoms with E-state index < -0.39 is 0 Å². The molecule has 0 aromatic heterocycles. The Bertz CT molecular complexity index is 701. The molecule has 132 valence electrons. The van der Waals surface area contributed by atoms with Gasteiger partial charge in [-0.15, -0.1) is 30.1 Å².